The Balaban J connectivity index is 1.71. The van der Waals surface area contributed by atoms with E-state index in [2.05, 4.69) is 15.3 Å². The van der Waals surface area contributed by atoms with Crippen LogP contribution in [0.4, 0.5) is 5.69 Å². The highest BCUT2D eigenvalue weighted by molar-refractivity contribution is 7.12. The molecule has 1 aromatic carbocycles. The minimum absolute atomic E-state index is 0.144. The number of thiazole rings is 1. The SMILES string of the molecule is Cc1cc(C(=O)Nc2cccc3cccnc23)c(C)n1-c1nccs1. The van der Waals surface area contributed by atoms with Gasteiger partial charge in [-0.15, -0.1) is 11.3 Å². The normalized spacial score (nSPS) is 11.0. The maximum Gasteiger partial charge on any atom is 0.257 e. The van der Waals surface area contributed by atoms with Crippen molar-refractivity contribution < 1.29 is 4.79 Å². The number of nitrogens with zero attached hydrogens (tertiary/aromatic N) is 3. The zero-order chi connectivity index (χ0) is 17.4. The quantitative estimate of drug-likeness (QED) is 0.599. The number of nitrogens with one attached hydrogen (secondary N) is 1. The number of carbonyl (C=O) groups excluding carboxylic acids is 1. The largest absolute Gasteiger partial charge is 0.320 e. The number of anilines is 1. The van der Waals surface area contributed by atoms with Gasteiger partial charge in [-0.2, -0.15) is 0 Å². The van der Waals surface area contributed by atoms with Crippen LogP contribution in [0.2, 0.25) is 0 Å². The lowest BCUT2D eigenvalue weighted by Gasteiger charge is -2.08. The Kier molecular flexibility index (Phi) is 3.82. The van der Waals surface area contributed by atoms with E-state index in [1.165, 1.54) is 0 Å². The number of hydrogen-bond acceptors (Lipinski definition) is 4. The van der Waals surface area contributed by atoms with Crippen molar-refractivity contribution in [1.82, 2.24) is 14.5 Å². The van der Waals surface area contributed by atoms with Gasteiger partial charge in [0.05, 0.1) is 16.8 Å². The average molecular weight is 348 g/mol. The van der Waals surface area contributed by atoms with Crippen LogP contribution in [-0.2, 0) is 0 Å². The highest BCUT2D eigenvalue weighted by atomic mass is 32.1. The maximum absolute atomic E-state index is 12.8. The molecule has 4 rings (SSSR count). The zero-order valence-corrected chi connectivity index (χ0v) is 14.7. The average Bonchev–Trinajstić information content (AvgIpc) is 3.23. The molecule has 1 amide bonds. The van der Waals surface area contributed by atoms with Crippen LogP contribution in [0.5, 0.6) is 0 Å². The summed E-state index contributed by atoms with van der Waals surface area (Å²) in [5.41, 5.74) is 3.99. The molecule has 0 aliphatic rings. The van der Waals surface area contributed by atoms with Crippen LogP contribution in [0.15, 0.2) is 54.2 Å². The van der Waals surface area contributed by atoms with Crippen molar-refractivity contribution in [2.75, 3.05) is 5.32 Å². The molecule has 25 heavy (non-hydrogen) atoms. The number of fused-ring (bicyclic) bond motifs is 1. The minimum atomic E-state index is -0.144. The summed E-state index contributed by atoms with van der Waals surface area (Å²) < 4.78 is 2.00. The van der Waals surface area contributed by atoms with Gasteiger partial charge in [0.2, 0.25) is 0 Å². The molecule has 3 aromatic heterocycles. The van der Waals surface area contributed by atoms with E-state index < -0.39 is 0 Å². The monoisotopic (exact) mass is 348 g/mol. The van der Waals surface area contributed by atoms with E-state index in [0.717, 1.165) is 27.4 Å². The van der Waals surface area contributed by atoms with Crippen LogP contribution in [0, 0.1) is 13.8 Å². The molecule has 0 saturated carbocycles. The van der Waals surface area contributed by atoms with Crippen molar-refractivity contribution in [3.8, 4) is 5.13 Å². The number of pyridine rings is 1. The Labute approximate surface area is 149 Å². The van der Waals surface area contributed by atoms with Gasteiger partial charge in [0.15, 0.2) is 5.13 Å². The molecule has 4 aromatic rings. The molecule has 0 radical (unpaired) electrons. The first-order valence-corrected chi connectivity index (χ1v) is 8.77. The highest BCUT2D eigenvalue weighted by Gasteiger charge is 2.18. The number of aromatic nitrogens is 3. The van der Waals surface area contributed by atoms with Crippen LogP contribution < -0.4 is 5.32 Å². The van der Waals surface area contributed by atoms with E-state index in [0.29, 0.717) is 11.3 Å². The molecule has 0 spiro atoms. The van der Waals surface area contributed by atoms with Gasteiger partial charge in [-0.05, 0) is 32.0 Å². The Morgan fingerprint density at radius 3 is 2.76 bits per heavy atom. The molecule has 6 heteroatoms. The second kappa shape index (κ2) is 6.14. The molecule has 0 saturated heterocycles. The number of para-hydroxylation sites is 1. The smallest absolute Gasteiger partial charge is 0.257 e. The first kappa shape index (κ1) is 15.5. The van der Waals surface area contributed by atoms with Crippen molar-refractivity contribution in [2.24, 2.45) is 0 Å². The van der Waals surface area contributed by atoms with Gasteiger partial charge in [-0.1, -0.05) is 18.2 Å². The van der Waals surface area contributed by atoms with Crippen molar-refractivity contribution in [3.63, 3.8) is 0 Å². The number of hydrogen-bond donors (Lipinski definition) is 1. The third kappa shape index (κ3) is 2.70. The predicted molar refractivity (Wildman–Crippen MR) is 101 cm³/mol. The maximum atomic E-state index is 12.8. The number of amides is 1. The molecule has 0 aliphatic carbocycles. The lowest BCUT2D eigenvalue weighted by Crippen LogP contribution is -2.13. The highest BCUT2D eigenvalue weighted by Crippen LogP contribution is 2.25. The van der Waals surface area contributed by atoms with Gasteiger partial charge in [0, 0.05) is 34.5 Å². The molecule has 0 bridgehead atoms. The van der Waals surface area contributed by atoms with Gasteiger partial charge in [0.1, 0.15) is 0 Å². The fraction of sp³-hybridized carbons (Fsp3) is 0.105. The molecule has 124 valence electrons. The van der Waals surface area contributed by atoms with E-state index >= 15 is 0 Å². The molecule has 3 heterocycles. The fourth-order valence-electron chi connectivity index (χ4n) is 3.01. The summed E-state index contributed by atoms with van der Waals surface area (Å²) in [6.07, 6.45) is 3.49. The fourth-order valence-corrected chi connectivity index (χ4v) is 3.76. The minimum Gasteiger partial charge on any atom is -0.320 e. The Morgan fingerprint density at radius 1 is 1.12 bits per heavy atom. The molecule has 0 unspecified atom stereocenters. The topological polar surface area (TPSA) is 59.8 Å². The summed E-state index contributed by atoms with van der Waals surface area (Å²) in [6, 6.07) is 11.5. The standard InChI is InChI=1S/C19H16N4OS/c1-12-11-15(13(2)23(12)19-21-9-10-25-19)18(24)22-16-7-3-5-14-6-4-8-20-17(14)16/h3-11H,1-2H3,(H,22,24). The molecule has 1 N–H and O–H groups in total. The number of carbonyl (C=O) groups is 1. The van der Waals surface area contributed by atoms with Gasteiger partial charge in [-0.3, -0.25) is 14.3 Å². The van der Waals surface area contributed by atoms with E-state index in [1.807, 2.05) is 60.2 Å². The van der Waals surface area contributed by atoms with Gasteiger partial charge < -0.3 is 5.32 Å². The van der Waals surface area contributed by atoms with Crippen molar-refractivity contribution >= 4 is 33.8 Å². The third-order valence-corrected chi connectivity index (χ3v) is 4.92. The van der Waals surface area contributed by atoms with Crippen LogP contribution in [0.25, 0.3) is 16.0 Å². The van der Waals surface area contributed by atoms with Crippen LogP contribution in [-0.4, -0.2) is 20.4 Å². The van der Waals surface area contributed by atoms with Crippen molar-refractivity contribution in [3.05, 3.63) is 71.1 Å². The molecule has 5 nitrogen and oxygen atoms in total. The van der Waals surface area contributed by atoms with Crippen LogP contribution in [0.1, 0.15) is 21.7 Å². The van der Waals surface area contributed by atoms with Gasteiger partial charge >= 0.3 is 0 Å². The Hall–Kier alpha value is -2.99. The zero-order valence-electron chi connectivity index (χ0n) is 13.9. The van der Waals surface area contributed by atoms with Gasteiger partial charge in [0.25, 0.3) is 5.91 Å². The summed E-state index contributed by atoms with van der Waals surface area (Å²) in [6.45, 7) is 3.91. The summed E-state index contributed by atoms with van der Waals surface area (Å²) in [4.78, 5) is 21.6. The van der Waals surface area contributed by atoms with E-state index in [-0.39, 0.29) is 5.91 Å². The lowest BCUT2D eigenvalue weighted by molar-refractivity contribution is 0.102. The van der Waals surface area contributed by atoms with E-state index in [9.17, 15) is 4.79 Å². The van der Waals surface area contributed by atoms with Crippen molar-refractivity contribution in [1.29, 1.82) is 0 Å². The Morgan fingerprint density at radius 2 is 1.96 bits per heavy atom. The summed E-state index contributed by atoms with van der Waals surface area (Å²) in [7, 11) is 0. The third-order valence-electron chi connectivity index (χ3n) is 4.17. The summed E-state index contributed by atoms with van der Waals surface area (Å²) in [5, 5.41) is 6.78. The molecule has 0 atom stereocenters. The van der Waals surface area contributed by atoms with Crippen LogP contribution >= 0.6 is 11.3 Å². The molecule has 0 fully saturated rings. The number of aryl methyl sites for hydroxylation is 1. The first-order chi connectivity index (χ1) is 12.1. The Bertz CT molecular complexity index is 1060. The molecular formula is C19H16N4OS. The second-order valence-electron chi connectivity index (χ2n) is 5.77. The lowest BCUT2D eigenvalue weighted by atomic mass is 10.1. The number of rotatable bonds is 3. The number of benzene rings is 1. The predicted octanol–water partition coefficient (Wildman–Crippen LogP) is 4.35. The van der Waals surface area contributed by atoms with Gasteiger partial charge in [-0.25, -0.2) is 4.98 Å². The van der Waals surface area contributed by atoms with Crippen molar-refractivity contribution in [2.45, 2.75) is 13.8 Å². The first-order valence-electron chi connectivity index (χ1n) is 7.89. The van der Waals surface area contributed by atoms with E-state index in [1.54, 1.807) is 23.7 Å². The molecular weight excluding hydrogens is 332 g/mol. The van der Waals surface area contributed by atoms with Crippen LogP contribution in [0.3, 0.4) is 0 Å². The van der Waals surface area contributed by atoms with E-state index in [4.69, 9.17) is 0 Å². The summed E-state index contributed by atoms with van der Waals surface area (Å²) in [5.74, 6) is -0.144. The second-order valence-corrected chi connectivity index (χ2v) is 6.64. The molecule has 0 aliphatic heterocycles. The summed E-state index contributed by atoms with van der Waals surface area (Å²) >= 11 is 1.55.